The van der Waals surface area contributed by atoms with E-state index in [1.54, 1.807) is 0 Å². The largest absolute Gasteiger partial charge is 0.323 e. The SMILES string of the molecule is Cc1ccc(C(N)CNC2(C)CCCCC2)cc1. The molecule has 0 radical (unpaired) electrons. The summed E-state index contributed by atoms with van der Waals surface area (Å²) in [4.78, 5) is 0. The van der Waals surface area contributed by atoms with Gasteiger partial charge in [-0.25, -0.2) is 0 Å². The predicted octanol–water partition coefficient (Wildman–Crippen LogP) is 3.31. The van der Waals surface area contributed by atoms with Crippen molar-refractivity contribution in [3.63, 3.8) is 0 Å². The second kappa shape index (κ2) is 5.85. The van der Waals surface area contributed by atoms with Gasteiger partial charge >= 0.3 is 0 Å². The highest BCUT2D eigenvalue weighted by atomic mass is 15.0. The second-order valence-corrected chi connectivity index (χ2v) is 6.02. The van der Waals surface area contributed by atoms with E-state index in [4.69, 9.17) is 5.73 Å². The molecular weight excluding hydrogens is 220 g/mol. The molecule has 1 aliphatic rings. The highest BCUT2D eigenvalue weighted by Crippen LogP contribution is 2.27. The molecule has 0 heterocycles. The minimum absolute atomic E-state index is 0.101. The molecule has 1 unspecified atom stereocenters. The molecule has 1 aliphatic carbocycles. The maximum absolute atomic E-state index is 6.26. The molecule has 0 aliphatic heterocycles. The molecule has 1 fully saturated rings. The molecule has 18 heavy (non-hydrogen) atoms. The summed E-state index contributed by atoms with van der Waals surface area (Å²) >= 11 is 0. The van der Waals surface area contributed by atoms with Crippen LogP contribution >= 0.6 is 0 Å². The van der Waals surface area contributed by atoms with E-state index in [-0.39, 0.29) is 6.04 Å². The molecule has 0 bridgehead atoms. The minimum Gasteiger partial charge on any atom is -0.323 e. The van der Waals surface area contributed by atoms with Crippen molar-refractivity contribution in [1.29, 1.82) is 0 Å². The van der Waals surface area contributed by atoms with Crippen molar-refractivity contribution in [2.24, 2.45) is 5.73 Å². The molecular formula is C16H26N2. The summed E-state index contributed by atoms with van der Waals surface area (Å²) in [7, 11) is 0. The van der Waals surface area contributed by atoms with Gasteiger partial charge in [0.25, 0.3) is 0 Å². The number of rotatable bonds is 4. The third-order valence-electron chi connectivity index (χ3n) is 4.21. The number of aryl methyl sites for hydroxylation is 1. The number of nitrogens with one attached hydrogen (secondary N) is 1. The van der Waals surface area contributed by atoms with Gasteiger partial charge in [-0.3, -0.25) is 0 Å². The topological polar surface area (TPSA) is 38.0 Å². The average molecular weight is 246 g/mol. The van der Waals surface area contributed by atoms with Crippen LogP contribution in [-0.2, 0) is 0 Å². The van der Waals surface area contributed by atoms with Gasteiger partial charge in [-0.2, -0.15) is 0 Å². The van der Waals surface area contributed by atoms with E-state index < -0.39 is 0 Å². The van der Waals surface area contributed by atoms with Crippen LogP contribution in [0.25, 0.3) is 0 Å². The summed E-state index contributed by atoms with van der Waals surface area (Å²) in [6.07, 6.45) is 6.66. The van der Waals surface area contributed by atoms with Gasteiger partial charge < -0.3 is 11.1 Å². The zero-order valence-electron chi connectivity index (χ0n) is 11.7. The van der Waals surface area contributed by atoms with Crippen LogP contribution in [0.4, 0.5) is 0 Å². The molecule has 0 spiro atoms. The number of benzene rings is 1. The monoisotopic (exact) mass is 246 g/mol. The van der Waals surface area contributed by atoms with Crippen LogP contribution in [0.15, 0.2) is 24.3 Å². The first-order chi connectivity index (χ1) is 8.59. The smallest absolute Gasteiger partial charge is 0.0421 e. The summed E-state index contributed by atoms with van der Waals surface area (Å²) in [5, 5.41) is 3.69. The van der Waals surface area contributed by atoms with Crippen molar-refractivity contribution in [1.82, 2.24) is 5.32 Å². The third-order valence-corrected chi connectivity index (χ3v) is 4.21. The van der Waals surface area contributed by atoms with Crippen molar-refractivity contribution in [3.8, 4) is 0 Å². The van der Waals surface area contributed by atoms with E-state index in [9.17, 15) is 0 Å². The minimum atomic E-state index is 0.101. The molecule has 2 heteroatoms. The standard InChI is InChI=1S/C16H26N2/c1-13-6-8-14(9-7-13)15(17)12-18-16(2)10-4-3-5-11-16/h6-9,15,18H,3-5,10-12,17H2,1-2H3. The molecule has 3 N–H and O–H groups in total. The van der Waals surface area contributed by atoms with Crippen LogP contribution in [0.2, 0.25) is 0 Å². The summed E-state index contributed by atoms with van der Waals surface area (Å²) in [5.41, 5.74) is 9.08. The Balaban J connectivity index is 1.87. The summed E-state index contributed by atoms with van der Waals surface area (Å²) < 4.78 is 0. The number of hydrogen-bond donors (Lipinski definition) is 2. The summed E-state index contributed by atoms with van der Waals surface area (Å²) in [6.45, 7) is 5.32. The summed E-state index contributed by atoms with van der Waals surface area (Å²) in [5.74, 6) is 0. The Kier molecular flexibility index (Phi) is 4.41. The van der Waals surface area contributed by atoms with E-state index >= 15 is 0 Å². The first kappa shape index (κ1) is 13.6. The lowest BCUT2D eigenvalue weighted by Gasteiger charge is -2.35. The Morgan fingerprint density at radius 3 is 2.39 bits per heavy atom. The molecule has 100 valence electrons. The van der Waals surface area contributed by atoms with E-state index in [0.29, 0.717) is 5.54 Å². The Morgan fingerprint density at radius 1 is 1.17 bits per heavy atom. The maximum Gasteiger partial charge on any atom is 0.0421 e. The lowest BCUT2D eigenvalue weighted by atomic mass is 9.83. The first-order valence-corrected chi connectivity index (χ1v) is 7.16. The third kappa shape index (κ3) is 3.56. The zero-order valence-corrected chi connectivity index (χ0v) is 11.7. The van der Waals surface area contributed by atoms with Gasteiger partial charge in [0.05, 0.1) is 0 Å². The van der Waals surface area contributed by atoms with Gasteiger partial charge in [-0.05, 0) is 32.3 Å². The Labute approximate surface area is 111 Å². The van der Waals surface area contributed by atoms with Crippen LogP contribution < -0.4 is 11.1 Å². The molecule has 1 saturated carbocycles. The van der Waals surface area contributed by atoms with Crippen LogP contribution in [0.3, 0.4) is 0 Å². The first-order valence-electron chi connectivity index (χ1n) is 7.16. The van der Waals surface area contributed by atoms with Gasteiger partial charge in [0.2, 0.25) is 0 Å². The molecule has 1 atom stereocenters. The van der Waals surface area contributed by atoms with E-state index in [0.717, 1.165) is 6.54 Å². The van der Waals surface area contributed by atoms with Gasteiger partial charge in [0, 0.05) is 18.1 Å². The van der Waals surface area contributed by atoms with Crippen molar-refractivity contribution in [2.45, 2.75) is 57.5 Å². The maximum atomic E-state index is 6.26. The Hall–Kier alpha value is -0.860. The van der Waals surface area contributed by atoms with Crippen molar-refractivity contribution in [2.75, 3.05) is 6.54 Å². The number of nitrogens with two attached hydrogens (primary N) is 1. The lowest BCUT2D eigenvalue weighted by Crippen LogP contribution is -2.46. The Morgan fingerprint density at radius 2 is 1.78 bits per heavy atom. The van der Waals surface area contributed by atoms with Gasteiger partial charge in [0.1, 0.15) is 0 Å². The van der Waals surface area contributed by atoms with Crippen LogP contribution in [0, 0.1) is 6.92 Å². The molecule has 1 aromatic rings. The molecule has 0 aromatic heterocycles. The van der Waals surface area contributed by atoms with Gasteiger partial charge in [0.15, 0.2) is 0 Å². The zero-order chi connectivity index (χ0) is 13.0. The predicted molar refractivity (Wildman–Crippen MR) is 77.6 cm³/mol. The average Bonchev–Trinajstić information content (AvgIpc) is 2.38. The van der Waals surface area contributed by atoms with Crippen molar-refractivity contribution >= 4 is 0 Å². The van der Waals surface area contributed by atoms with Crippen LogP contribution in [0.1, 0.15) is 56.2 Å². The molecule has 0 saturated heterocycles. The van der Waals surface area contributed by atoms with Crippen molar-refractivity contribution in [3.05, 3.63) is 35.4 Å². The number of hydrogen-bond acceptors (Lipinski definition) is 2. The second-order valence-electron chi connectivity index (χ2n) is 6.02. The quantitative estimate of drug-likeness (QED) is 0.855. The Bertz CT molecular complexity index is 363. The van der Waals surface area contributed by atoms with Gasteiger partial charge in [-0.1, -0.05) is 49.1 Å². The molecule has 1 aromatic carbocycles. The highest BCUT2D eigenvalue weighted by Gasteiger charge is 2.26. The van der Waals surface area contributed by atoms with E-state index in [1.165, 1.54) is 43.2 Å². The molecule has 0 amide bonds. The van der Waals surface area contributed by atoms with E-state index in [2.05, 4.69) is 43.4 Å². The molecule has 2 nitrogen and oxygen atoms in total. The highest BCUT2D eigenvalue weighted by molar-refractivity contribution is 5.24. The normalized spacial score (nSPS) is 20.6. The van der Waals surface area contributed by atoms with Crippen LogP contribution in [-0.4, -0.2) is 12.1 Å². The van der Waals surface area contributed by atoms with E-state index in [1.807, 2.05) is 0 Å². The summed E-state index contributed by atoms with van der Waals surface area (Å²) in [6, 6.07) is 8.66. The lowest BCUT2D eigenvalue weighted by molar-refractivity contribution is 0.250. The fourth-order valence-corrected chi connectivity index (χ4v) is 2.80. The van der Waals surface area contributed by atoms with Crippen LogP contribution in [0.5, 0.6) is 0 Å². The van der Waals surface area contributed by atoms with Crippen molar-refractivity contribution < 1.29 is 0 Å². The fraction of sp³-hybridized carbons (Fsp3) is 0.625. The fourth-order valence-electron chi connectivity index (χ4n) is 2.80. The molecule has 2 rings (SSSR count). The van der Waals surface area contributed by atoms with Gasteiger partial charge in [-0.15, -0.1) is 0 Å².